The molecule has 1 amide bonds. The van der Waals surface area contributed by atoms with E-state index in [0.29, 0.717) is 11.1 Å². The highest BCUT2D eigenvalue weighted by molar-refractivity contribution is 5.97. The number of nitrogens with one attached hydrogen (secondary N) is 1. The number of ether oxygens (including phenoxy) is 1. The minimum absolute atomic E-state index is 0.366. The Kier molecular flexibility index (Phi) is 7.51. The molecule has 1 aromatic rings. The smallest absolute Gasteiger partial charge is 0.329 e. The van der Waals surface area contributed by atoms with Crippen LogP contribution in [-0.2, 0) is 9.53 Å². The Morgan fingerprint density at radius 3 is 2.33 bits per heavy atom. The SMILES string of the molecule is COC(=O)[C@@H](NC(=O)c1ccc(C#CC#CC(C)O)cc1)[C@@H](C)N. The second-order valence-electron chi connectivity index (χ2n) is 5.11. The number of carbonyl (C=O) groups excluding carboxylic acids is 2. The predicted octanol–water partition coefficient (Wildman–Crippen LogP) is 0.0409. The van der Waals surface area contributed by atoms with Gasteiger partial charge in [0.05, 0.1) is 7.11 Å². The quantitative estimate of drug-likeness (QED) is 0.535. The van der Waals surface area contributed by atoms with Crippen LogP contribution in [0.15, 0.2) is 24.3 Å². The summed E-state index contributed by atoms with van der Waals surface area (Å²) in [5, 5.41) is 11.5. The summed E-state index contributed by atoms with van der Waals surface area (Å²) in [5.74, 6) is 9.39. The lowest BCUT2D eigenvalue weighted by Crippen LogP contribution is -2.51. The lowest BCUT2D eigenvalue weighted by atomic mass is 10.1. The van der Waals surface area contributed by atoms with E-state index in [1.165, 1.54) is 7.11 Å². The molecule has 0 saturated carbocycles. The molecule has 24 heavy (non-hydrogen) atoms. The summed E-state index contributed by atoms with van der Waals surface area (Å²) in [7, 11) is 1.23. The fourth-order valence-corrected chi connectivity index (χ4v) is 1.71. The Balaban J connectivity index is 2.80. The van der Waals surface area contributed by atoms with Crippen LogP contribution in [0.3, 0.4) is 0 Å². The average Bonchev–Trinajstić information content (AvgIpc) is 2.55. The van der Waals surface area contributed by atoms with Gasteiger partial charge in [0.25, 0.3) is 5.91 Å². The molecule has 0 aliphatic heterocycles. The zero-order valence-electron chi connectivity index (χ0n) is 13.8. The van der Waals surface area contributed by atoms with Gasteiger partial charge in [-0.2, -0.15) is 0 Å². The minimum Gasteiger partial charge on any atom is -0.467 e. The third-order valence-electron chi connectivity index (χ3n) is 2.96. The summed E-state index contributed by atoms with van der Waals surface area (Å²) in [6.07, 6.45) is -0.724. The van der Waals surface area contributed by atoms with Crippen molar-refractivity contribution in [3.05, 3.63) is 35.4 Å². The topological polar surface area (TPSA) is 102 Å². The molecule has 0 spiro atoms. The van der Waals surface area contributed by atoms with Crippen molar-refractivity contribution in [2.24, 2.45) is 5.73 Å². The Bertz CT molecular complexity index is 701. The number of methoxy groups -OCH3 is 1. The van der Waals surface area contributed by atoms with Gasteiger partial charge in [-0.15, -0.1) is 0 Å². The summed E-state index contributed by atoms with van der Waals surface area (Å²) >= 11 is 0. The normalized spacial score (nSPS) is 13.2. The summed E-state index contributed by atoms with van der Waals surface area (Å²) in [4.78, 5) is 23.8. The van der Waals surface area contributed by atoms with Crippen molar-refractivity contribution in [2.45, 2.75) is 32.0 Å². The first-order chi connectivity index (χ1) is 11.3. The number of hydrogen-bond donors (Lipinski definition) is 3. The monoisotopic (exact) mass is 328 g/mol. The molecule has 0 bridgehead atoms. The average molecular weight is 328 g/mol. The molecule has 1 aromatic carbocycles. The summed E-state index contributed by atoms with van der Waals surface area (Å²) in [6, 6.07) is 4.97. The largest absolute Gasteiger partial charge is 0.467 e. The van der Waals surface area contributed by atoms with Crippen LogP contribution in [0.5, 0.6) is 0 Å². The van der Waals surface area contributed by atoms with E-state index in [1.807, 2.05) is 0 Å². The first-order valence-corrected chi connectivity index (χ1v) is 7.29. The number of rotatable bonds is 4. The Hall–Kier alpha value is -2.80. The summed E-state index contributed by atoms with van der Waals surface area (Å²) < 4.78 is 4.62. The Morgan fingerprint density at radius 2 is 1.83 bits per heavy atom. The number of carbonyl (C=O) groups is 2. The zero-order chi connectivity index (χ0) is 18.1. The van der Waals surface area contributed by atoms with Gasteiger partial charge in [0.1, 0.15) is 12.1 Å². The molecule has 0 aliphatic rings. The summed E-state index contributed by atoms with van der Waals surface area (Å²) in [6.45, 7) is 3.15. The van der Waals surface area contributed by atoms with Crippen molar-refractivity contribution in [2.75, 3.05) is 7.11 Å². The molecule has 0 aliphatic carbocycles. The fourth-order valence-electron chi connectivity index (χ4n) is 1.71. The van der Waals surface area contributed by atoms with Crippen LogP contribution < -0.4 is 11.1 Å². The van der Waals surface area contributed by atoms with E-state index in [1.54, 1.807) is 38.1 Å². The molecular formula is C18H20N2O4. The molecule has 1 unspecified atom stereocenters. The number of aliphatic hydroxyl groups is 1. The third-order valence-corrected chi connectivity index (χ3v) is 2.96. The van der Waals surface area contributed by atoms with Gasteiger partial charge in [0, 0.05) is 17.2 Å². The van der Waals surface area contributed by atoms with E-state index in [0.717, 1.165) is 0 Å². The number of esters is 1. The standard InChI is InChI=1S/C18H20N2O4/c1-12(21)6-4-5-7-14-8-10-15(11-9-14)17(22)20-16(13(2)19)18(23)24-3/h8-13,16,21H,19H2,1-3H3,(H,20,22)/t12?,13-,16+/m1/s1. The van der Waals surface area contributed by atoms with Crippen molar-refractivity contribution in [1.82, 2.24) is 5.32 Å². The molecule has 1 rings (SSSR count). The van der Waals surface area contributed by atoms with Crippen molar-refractivity contribution in [1.29, 1.82) is 0 Å². The van der Waals surface area contributed by atoms with Gasteiger partial charge in [-0.05, 0) is 50.0 Å². The van der Waals surface area contributed by atoms with E-state index in [-0.39, 0.29) is 0 Å². The van der Waals surface area contributed by atoms with Crippen LogP contribution in [0.25, 0.3) is 0 Å². The maximum Gasteiger partial charge on any atom is 0.329 e. The van der Waals surface area contributed by atoms with Gasteiger partial charge in [0.2, 0.25) is 0 Å². The van der Waals surface area contributed by atoms with Crippen LogP contribution >= 0.6 is 0 Å². The third kappa shape index (κ3) is 6.13. The predicted molar refractivity (Wildman–Crippen MR) is 89.7 cm³/mol. The number of amides is 1. The minimum atomic E-state index is -0.919. The molecule has 6 nitrogen and oxygen atoms in total. The number of benzene rings is 1. The van der Waals surface area contributed by atoms with Crippen LogP contribution in [0.1, 0.15) is 29.8 Å². The molecule has 0 radical (unpaired) electrons. The first-order valence-electron chi connectivity index (χ1n) is 7.29. The molecule has 0 heterocycles. The second-order valence-corrected chi connectivity index (χ2v) is 5.11. The Morgan fingerprint density at radius 1 is 1.21 bits per heavy atom. The molecule has 3 atom stereocenters. The molecular weight excluding hydrogens is 308 g/mol. The van der Waals surface area contributed by atoms with Crippen LogP contribution in [0, 0.1) is 23.7 Å². The molecule has 4 N–H and O–H groups in total. The number of nitrogens with two attached hydrogens (primary N) is 1. The Labute approximate surface area is 141 Å². The highest BCUT2D eigenvalue weighted by Crippen LogP contribution is 2.05. The van der Waals surface area contributed by atoms with Gasteiger partial charge in [-0.25, -0.2) is 4.79 Å². The van der Waals surface area contributed by atoms with Gasteiger partial charge in [-0.3, -0.25) is 4.79 Å². The van der Waals surface area contributed by atoms with Gasteiger partial charge in [0.15, 0.2) is 0 Å². The zero-order valence-corrected chi connectivity index (χ0v) is 13.8. The fraction of sp³-hybridized carbons (Fsp3) is 0.333. The van der Waals surface area contributed by atoms with E-state index in [2.05, 4.69) is 33.7 Å². The van der Waals surface area contributed by atoms with Crippen LogP contribution in [0.4, 0.5) is 0 Å². The first kappa shape index (κ1) is 19.2. The van der Waals surface area contributed by atoms with Crippen molar-refractivity contribution < 1.29 is 19.4 Å². The van der Waals surface area contributed by atoms with Crippen molar-refractivity contribution in [3.8, 4) is 23.7 Å². The lowest BCUT2D eigenvalue weighted by molar-refractivity contribution is -0.143. The van der Waals surface area contributed by atoms with Gasteiger partial charge >= 0.3 is 5.97 Å². The van der Waals surface area contributed by atoms with Crippen LogP contribution in [-0.4, -0.2) is 42.3 Å². The summed E-state index contributed by atoms with van der Waals surface area (Å²) in [5.41, 5.74) is 6.72. The second kappa shape index (κ2) is 9.36. The maximum atomic E-state index is 12.2. The van der Waals surface area contributed by atoms with Gasteiger partial charge < -0.3 is 20.9 Å². The van der Waals surface area contributed by atoms with E-state index in [9.17, 15) is 9.59 Å². The molecule has 6 heteroatoms. The highest BCUT2D eigenvalue weighted by Gasteiger charge is 2.25. The van der Waals surface area contributed by atoms with Gasteiger partial charge in [-0.1, -0.05) is 11.8 Å². The molecule has 126 valence electrons. The lowest BCUT2D eigenvalue weighted by Gasteiger charge is -2.19. The van der Waals surface area contributed by atoms with Crippen LogP contribution in [0.2, 0.25) is 0 Å². The van der Waals surface area contributed by atoms with E-state index >= 15 is 0 Å². The highest BCUT2D eigenvalue weighted by atomic mass is 16.5. The van der Waals surface area contributed by atoms with Crippen molar-refractivity contribution >= 4 is 11.9 Å². The van der Waals surface area contributed by atoms with E-state index < -0.39 is 30.1 Å². The number of hydrogen-bond acceptors (Lipinski definition) is 5. The molecule has 0 saturated heterocycles. The van der Waals surface area contributed by atoms with Crippen molar-refractivity contribution in [3.63, 3.8) is 0 Å². The van der Waals surface area contributed by atoms with E-state index in [4.69, 9.17) is 10.8 Å². The maximum absolute atomic E-state index is 12.2. The number of aliphatic hydroxyl groups excluding tert-OH is 1. The molecule has 0 fully saturated rings. The molecule has 0 aromatic heterocycles.